The molecule has 0 saturated heterocycles. The summed E-state index contributed by atoms with van der Waals surface area (Å²) >= 11 is 5.83. The Bertz CT molecular complexity index is 510. The van der Waals surface area contributed by atoms with Gasteiger partial charge in [0, 0.05) is 23.0 Å². The van der Waals surface area contributed by atoms with E-state index in [-0.39, 0.29) is 0 Å². The third-order valence-corrected chi connectivity index (χ3v) is 2.93. The Morgan fingerprint density at radius 1 is 1.18 bits per heavy atom. The van der Waals surface area contributed by atoms with Gasteiger partial charge in [-0.15, -0.1) is 0 Å². The molecule has 1 N–H and O–H groups in total. The van der Waals surface area contributed by atoms with Crippen LogP contribution in [0, 0.1) is 0 Å². The first kappa shape index (κ1) is 11.8. The first-order chi connectivity index (χ1) is 8.16. The van der Waals surface area contributed by atoms with E-state index in [0.29, 0.717) is 16.1 Å². The average Bonchev–Trinajstić information content (AvgIpc) is 2.40. The number of aliphatic hydroxyl groups is 1. The molecule has 0 fully saturated rings. The molecule has 1 aromatic heterocycles. The summed E-state index contributed by atoms with van der Waals surface area (Å²) < 4.78 is 0. The van der Waals surface area contributed by atoms with Crippen molar-refractivity contribution >= 4 is 11.6 Å². The van der Waals surface area contributed by atoms with E-state index < -0.39 is 5.60 Å². The van der Waals surface area contributed by atoms with Gasteiger partial charge in [0.25, 0.3) is 0 Å². The van der Waals surface area contributed by atoms with Crippen molar-refractivity contribution in [3.05, 3.63) is 77.6 Å². The molecule has 2 nitrogen and oxygen atoms in total. The van der Waals surface area contributed by atoms with E-state index in [9.17, 15) is 5.11 Å². The Hall–Kier alpha value is -1.64. The van der Waals surface area contributed by atoms with E-state index in [1.54, 1.807) is 42.7 Å². The van der Waals surface area contributed by atoms with Crippen molar-refractivity contribution in [3.63, 3.8) is 0 Å². The molecular weight excluding hydrogens is 234 g/mol. The van der Waals surface area contributed by atoms with E-state index in [0.717, 1.165) is 0 Å². The lowest BCUT2D eigenvalue weighted by atomic mass is 9.87. The third-order valence-electron chi connectivity index (χ3n) is 2.68. The van der Waals surface area contributed by atoms with Crippen molar-refractivity contribution in [2.75, 3.05) is 0 Å². The molecule has 0 radical (unpaired) electrons. The van der Waals surface area contributed by atoms with E-state index in [1.807, 2.05) is 6.07 Å². The van der Waals surface area contributed by atoms with E-state index >= 15 is 0 Å². The molecule has 17 heavy (non-hydrogen) atoms. The molecule has 0 unspecified atom stereocenters. The van der Waals surface area contributed by atoms with Gasteiger partial charge in [0.2, 0.25) is 0 Å². The number of rotatable bonds is 3. The van der Waals surface area contributed by atoms with Gasteiger partial charge in [0.15, 0.2) is 0 Å². The minimum Gasteiger partial charge on any atom is -0.377 e. The maximum Gasteiger partial charge on any atom is 0.134 e. The number of benzene rings is 1. The standard InChI is InChI=1S/C14H12ClNO/c1-2-14(17,12-4-3-9-16-10-12)11-5-7-13(15)8-6-11/h2-10,17H,1H2/t14-/m1/s1. The number of hydrogen-bond acceptors (Lipinski definition) is 2. The highest BCUT2D eigenvalue weighted by molar-refractivity contribution is 6.30. The van der Waals surface area contributed by atoms with Gasteiger partial charge < -0.3 is 5.11 Å². The zero-order valence-corrected chi connectivity index (χ0v) is 9.93. The van der Waals surface area contributed by atoms with Crippen LogP contribution in [-0.2, 0) is 5.60 Å². The van der Waals surface area contributed by atoms with E-state index in [4.69, 9.17) is 11.6 Å². The van der Waals surface area contributed by atoms with Crippen LogP contribution in [0.1, 0.15) is 11.1 Å². The summed E-state index contributed by atoms with van der Waals surface area (Å²) in [7, 11) is 0. The van der Waals surface area contributed by atoms with Crippen molar-refractivity contribution in [2.24, 2.45) is 0 Å². The maximum absolute atomic E-state index is 10.7. The van der Waals surface area contributed by atoms with Crippen molar-refractivity contribution in [1.82, 2.24) is 4.98 Å². The van der Waals surface area contributed by atoms with E-state index in [1.165, 1.54) is 6.08 Å². The Balaban J connectivity index is 2.51. The number of halogens is 1. The summed E-state index contributed by atoms with van der Waals surface area (Å²) in [4.78, 5) is 4.01. The largest absolute Gasteiger partial charge is 0.377 e. The summed E-state index contributed by atoms with van der Waals surface area (Å²) in [6, 6.07) is 10.6. The molecule has 1 heterocycles. The Morgan fingerprint density at radius 2 is 1.88 bits per heavy atom. The summed E-state index contributed by atoms with van der Waals surface area (Å²) in [6.45, 7) is 3.70. The summed E-state index contributed by atoms with van der Waals surface area (Å²) in [5.74, 6) is 0. The lowest BCUT2D eigenvalue weighted by Crippen LogP contribution is -2.24. The van der Waals surface area contributed by atoms with Crippen LogP contribution in [-0.4, -0.2) is 10.1 Å². The smallest absolute Gasteiger partial charge is 0.134 e. The van der Waals surface area contributed by atoms with E-state index in [2.05, 4.69) is 11.6 Å². The molecule has 0 aliphatic heterocycles. The summed E-state index contributed by atoms with van der Waals surface area (Å²) in [5, 5.41) is 11.3. The quantitative estimate of drug-likeness (QED) is 0.843. The number of aromatic nitrogens is 1. The minimum atomic E-state index is -1.24. The molecular formula is C14H12ClNO. The zero-order chi connectivity index (χ0) is 12.3. The third kappa shape index (κ3) is 2.23. The van der Waals surface area contributed by atoms with Gasteiger partial charge in [-0.25, -0.2) is 0 Å². The highest BCUT2D eigenvalue weighted by Crippen LogP contribution is 2.30. The number of pyridine rings is 1. The normalized spacial score (nSPS) is 14.0. The highest BCUT2D eigenvalue weighted by Gasteiger charge is 2.27. The van der Waals surface area contributed by atoms with Crippen LogP contribution in [0.25, 0.3) is 0 Å². The van der Waals surface area contributed by atoms with Crippen LogP contribution in [0.5, 0.6) is 0 Å². The van der Waals surface area contributed by atoms with Crippen molar-refractivity contribution in [1.29, 1.82) is 0 Å². The molecule has 2 rings (SSSR count). The first-order valence-corrected chi connectivity index (χ1v) is 5.57. The lowest BCUT2D eigenvalue weighted by molar-refractivity contribution is 0.134. The number of nitrogens with zero attached hydrogens (tertiary/aromatic N) is 1. The van der Waals surface area contributed by atoms with Crippen LogP contribution >= 0.6 is 11.6 Å². The minimum absolute atomic E-state index is 0.631. The second-order valence-corrected chi connectivity index (χ2v) is 4.16. The number of hydrogen-bond donors (Lipinski definition) is 1. The molecule has 1 atom stereocenters. The molecule has 3 heteroatoms. The van der Waals surface area contributed by atoms with Gasteiger partial charge in [-0.3, -0.25) is 4.98 Å². The van der Waals surface area contributed by atoms with Crippen molar-refractivity contribution in [3.8, 4) is 0 Å². The molecule has 0 aliphatic carbocycles. The first-order valence-electron chi connectivity index (χ1n) is 5.19. The Morgan fingerprint density at radius 3 is 2.41 bits per heavy atom. The Labute approximate surface area is 105 Å². The Kier molecular flexibility index (Phi) is 3.27. The fraction of sp³-hybridized carbons (Fsp3) is 0.0714. The van der Waals surface area contributed by atoms with Crippen LogP contribution in [0.3, 0.4) is 0 Å². The monoisotopic (exact) mass is 245 g/mol. The maximum atomic E-state index is 10.7. The zero-order valence-electron chi connectivity index (χ0n) is 9.18. The van der Waals surface area contributed by atoms with Crippen molar-refractivity contribution < 1.29 is 5.11 Å². The molecule has 0 amide bonds. The predicted octanol–water partition coefficient (Wildman–Crippen LogP) is 3.16. The SMILES string of the molecule is C=C[C@@](O)(c1ccc(Cl)cc1)c1cccnc1. The summed E-state index contributed by atoms with van der Waals surface area (Å²) in [5.41, 5.74) is 0.154. The molecule has 2 aromatic rings. The predicted molar refractivity (Wildman–Crippen MR) is 68.9 cm³/mol. The van der Waals surface area contributed by atoms with Gasteiger partial charge in [-0.1, -0.05) is 42.5 Å². The van der Waals surface area contributed by atoms with Crippen LogP contribution in [0.2, 0.25) is 5.02 Å². The molecule has 0 aliphatic rings. The van der Waals surface area contributed by atoms with Gasteiger partial charge >= 0.3 is 0 Å². The van der Waals surface area contributed by atoms with Crippen molar-refractivity contribution in [2.45, 2.75) is 5.60 Å². The topological polar surface area (TPSA) is 33.1 Å². The molecule has 1 aromatic carbocycles. The van der Waals surface area contributed by atoms with Gasteiger partial charge in [0.05, 0.1) is 0 Å². The molecule has 0 spiro atoms. The lowest BCUT2D eigenvalue weighted by Gasteiger charge is -2.25. The molecule has 0 saturated carbocycles. The highest BCUT2D eigenvalue weighted by atomic mass is 35.5. The molecule has 86 valence electrons. The molecule has 0 bridgehead atoms. The fourth-order valence-corrected chi connectivity index (χ4v) is 1.82. The van der Waals surface area contributed by atoms with Crippen LogP contribution in [0.15, 0.2) is 61.4 Å². The van der Waals surface area contributed by atoms with Gasteiger partial charge in [0.1, 0.15) is 5.60 Å². The van der Waals surface area contributed by atoms with Crippen LogP contribution < -0.4 is 0 Å². The van der Waals surface area contributed by atoms with Gasteiger partial charge in [-0.2, -0.15) is 0 Å². The second-order valence-electron chi connectivity index (χ2n) is 3.72. The van der Waals surface area contributed by atoms with Crippen LogP contribution in [0.4, 0.5) is 0 Å². The fourth-order valence-electron chi connectivity index (χ4n) is 1.69. The average molecular weight is 246 g/mol. The summed E-state index contributed by atoms with van der Waals surface area (Å²) in [6.07, 6.45) is 4.78. The van der Waals surface area contributed by atoms with Gasteiger partial charge in [-0.05, 0) is 23.8 Å². The second kappa shape index (κ2) is 4.70.